The zero-order valence-corrected chi connectivity index (χ0v) is 24.0. The Labute approximate surface area is 244 Å². The van der Waals surface area contributed by atoms with E-state index in [9.17, 15) is 0 Å². The second-order valence-corrected chi connectivity index (χ2v) is 10.7. The summed E-state index contributed by atoms with van der Waals surface area (Å²) in [7, 11) is -1.36. The molecule has 0 spiro atoms. The Morgan fingerprint density at radius 3 is 1.56 bits per heavy atom. The van der Waals surface area contributed by atoms with Gasteiger partial charge in [-0.05, 0) is 98.4 Å². The van der Waals surface area contributed by atoms with Gasteiger partial charge in [0.15, 0.2) is 0 Å². The van der Waals surface area contributed by atoms with Crippen molar-refractivity contribution in [2.45, 2.75) is 19.9 Å². The number of fused-ring (bicyclic) bond motifs is 7. The fourth-order valence-electron chi connectivity index (χ4n) is 5.15. The maximum atomic E-state index is 6.74. The van der Waals surface area contributed by atoms with E-state index in [1.54, 1.807) is 0 Å². The molecule has 5 aromatic rings. The fourth-order valence-corrected chi connectivity index (χ4v) is 6.69. The minimum absolute atomic E-state index is 0. The summed E-state index contributed by atoms with van der Waals surface area (Å²) >= 11 is 0. The van der Waals surface area contributed by atoms with Gasteiger partial charge < -0.3 is 8.39 Å². The predicted molar refractivity (Wildman–Crippen MR) is 161 cm³/mol. The topological polar surface area (TPSA) is 29.5 Å². The van der Waals surface area contributed by atoms with Crippen molar-refractivity contribution in [3.05, 3.63) is 137 Å². The van der Waals surface area contributed by atoms with Gasteiger partial charge in [-0.15, -0.1) is 0 Å². The van der Waals surface area contributed by atoms with E-state index in [0.29, 0.717) is 0 Å². The number of hydrogen-bond donors (Lipinski definition) is 0. The van der Waals surface area contributed by atoms with Crippen LogP contribution >= 0.6 is 8.16 Å². The van der Waals surface area contributed by atoms with Crippen LogP contribution in [0.25, 0.3) is 43.5 Å². The van der Waals surface area contributed by atoms with E-state index in [0.717, 1.165) is 28.5 Å². The van der Waals surface area contributed by atoms with Crippen LogP contribution in [0.15, 0.2) is 81.2 Å². The normalized spacial score (nSPS) is 16.5. The second kappa shape index (κ2) is 13.0. The van der Waals surface area contributed by atoms with Crippen LogP contribution in [0, 0.1) is 63.7 Å². The van der Waals surface area contributed by atoms with Crippen molar-refractivity contribution in [1.82, 2.24) is 0 Å². The van der Waals surface area contributed by atoms with Crippen LogP contribution < -0.4 is 4.67 Å². The molecule has 1 atom stereocenters. The Hall–Kier alpha value is -2.22. The molecule has 5 heteroatoms. The van der Waals surface area contributed by atoms with Crippen LogP contribution in [0.3, 0.4) is 0 Å². The summed E-state index contributed by atoms with van der Waals surface area (Å²) in [4.78, 5) is 0. The van der Waals surface area contributed by atoms with E-state index in [-0.39, 0.29) is 23.1 Å². The number of benzene rings is 4. The van der Waals surface area contributed by atoms with Crippen molar-refractivity contribution in [2.24, 2.45) is 0 Å². The molecule has 7 rings (SSSR count). The first-order valence-corrected chi connectivity index (χ1v) is 14.2. The van der Waals surface area contributed by atoms with Crippen LogP contribution in [0.1, 0.15) is 13.8 Å². The monoisotopic (exact) mass is 571 g/mol. The SMILES string of the molecule is CCN([C@H](C)[C]1[CH][CH][CH][CH]1)p1oc2ccc3ccccc3c2c2c(ccc3ccccc32)o1.[CH]1[CH][CH][CH][CH]1.[Fe+2]. The summed E-state index contributed by atoms with van der Waals surface area (Å²) in [5.74, 6) is 1.27. The third-order valence-corrected chi connectivity index (χ3v) is 8.85. The summed E-state index contributed by atoms with van der Waals surface area (Å²) in [5, 5.41) is 6.98. The molecule has 0 amide bonds. The molecule has 2 saturated carbocycles. The summed E-state index contributed by atoms with van der Waals surface area (Å²) in [5.41, 5.74) is 1.76. The van der Waals surface area contributed by atoms with Crippen molar-refractivity contribution in [2.75, 3.05) is 11.2 Å². The molecule has 10 radical (unpaired) electrons. The Morgan fingerprint density at radius 1 is 0.641 bits per heavy atom. The first kappa shape index (κ1) is 28.3. The molecule has 0 saturated heterocycles. The largest absolute Gasteiger partial charge is 2.00 e. The Kier molecular flexibility index (Phi) is 9.41. The van der Waals surface area contributed by atoms with Gasteiger partial charge in [-0.25, -0.2) is 0 Å². The van der Waals surface area contributed by atoms with Gasteiger partial charge >= 0.3 is 25.2 Å². The molecule has 2 aliphatic rings. The summed E-state index contributed by atoms with van der Waals surface area (Å²) in [6.45, 7) is 5.22. The van der Waals surface area contributed by atoms with E-state index < -0.39 is 8.16 Å². The average Bonchev–Trinajstić information content (AvgIpc) is 3.69. The standard InChI is InChI=1S/C29H25NO2P.C5H5.Fe/c1-3-30(20(2)21-10-4-5-11-21)33-31-26-18-16-22-12-6-8-14-24(22)28(26)29-25-15-9-7-13-23(25)17-19-27(29)32-33;1-2-4-5-3-1;/h4-20H,3H2,1-2H3;1-5H;/q;;+2/t20-;;/m1../s1. The van der Waals surface area contributed by atoms with Crippen molar-refractivity contribution >= 4 is 51.6 Å². The zero-order valence-electron chi connectivity index (χ0n) is 22.0. The molecule has 4 aromatic carbocycles. The van der Waals surface area contributed by atoms with Gasteiger partial charge in [0, 0.05) is 29.3 Å². The number of hydrogen-bond acceptors (Lipinski definition) is 3. The first-order valence-electron chi connectivity index (χ1n) is 13.1. The van der Waals surface area contributed by atoms with E-state index >= 15 is 0 Å². The van der Waals surface area contributed by atoms with Gasteiger partial charge in [0.1, 0.15) is 11.2 Å². The van der Waals surface area contributed by atoms with Gasteiger partial charge in [-0.3, -0.25) is 0 Å². The molecule has 0 aliphatic heterocycles. The van der Waals surface area contributed by atoms with Crippen LogP contribution in [-0.2, 0) is 17.1 Å². The quantitative estimate of drug-likeness (QED) is 0.201. The summed E-state index contributed by atoms with van der Waals surface area (Å²) in [6.07, 6.45) is 18.5. The second-order valence-electron chi connectivity index (χ2n) is 9.35. The predicted octanol–water partition coefficient (Wildman–Crippen LogP) is 9.37. The molecular formula is C34H30FeNO2P+2. The third kappa shape index (κ3) is 5.82. The molecule has 3 nitrogen and oxygen atoms in total. The minimum Gasteiger partial charge on any atom is -0.408 e. The summed E-state index contributed by atoms with van der Waals surface area (Å²) < 4.78 is 15.8. The van der Waals surface area contributed by atoms with Gasteiger partial charge in [-0.2, -0.15) is 4.67 Å². The fraction of sp³-hybridized carbons (Fsp3) is 0.118. The zero-order chi connectivity index (χ0) is 25.9. The Morgan fingerprint density at radius 2 is 1.10 bits per heavy atom. The smallest absolute Gasteiger partial charge is 0.408 e. The summed E-state index contributed by atoms with van der Waals surface area (Å²) in [6, 6.07) is 25.7. The van der Waals surface area contributed by atoms with Crippen molar-refractivity contribution in [3.8, 4) is 0 Å². The maximum absolute atomic E-state index is 6.74. The molecule has 39 heavy (non-hydrogen) atoms. The van der Waals surface area contributed by atoms with Gasteiger partial charge in [-0.1, -0.05) is 67.6 Å². The molecule has 194 valence electrons. The third-order valence-electron chi connectivity index (χ3n) is 7.09. The van der Waals surface area contributed by atoms with Gasteiger partial charge in [0.25, 0.3) is 0 Å². The van der Waals surface area contributed by atoms with E-state index in [1.807, 2.05) is 32.1 Å². The number of nitrogens with zero attached hydrogens (tertiary/aromatic N) is 1. The molecule has 1 heterocycles. The van der Waals surface area contributed by atoms with Crippen LogP contribution in [-0.4, -0.2) is 12.6 Å². The van der Waals surface area contributed by atoms with E-state index in [2.05, 4.69) is 117 Å². The molecular weight excluding hydrogens is 541 g/mol. The van der Waals surface area contributed by atoms with Crippen LogP contribution in [0.4, 0.5) is 0 Å². The molecule has 0 N–H and O–H groups in total. The molecule has 1 aromatic heterocycles. The van der Waals surface area contributed by atoms with Crippen molar-refractivity contribution in [1.29, 1.82) is 0 Å². The molecule has 2 fully saturated rings. The molecule has 0 unspecified atom stereocenters. The Balaban J connectivity index is 0.000000464. The van der Waals surface area contributed by atoms with Gasteiger partial charge in [0.05, 0.1) is 0 Å². The van der Waals surface area contributed by atoms with E-state index in [4.69, 9.17) is 8.39 Å². The first-order chi connectivity index (χ1) is 18.7. The molecule has 0 bridgehead atoms. The van der Waals surface area contributed by atoms with Crippen molar-refractivity contribution in [3.63, 3.8) is 0 Å². The number of rotatable bonds is 4. The average molecular weight is 571 g/mol. The Bertz CT molecular complexity index is 1480. The van der Waals surface area contributed by atoms with E-state index in [1.165, 1.54) is 27.5 Å². The van der Waals surface area contributed by atoms with Crippen molar-refractivity contribution < 1.29 is 25.5 Å². The van der Waals surface area contributed by atoms with Gasteiger partial charge in [0.2, 0.25) is 0 Å². The molecule has 2 aliphatic carbocycles. The maximum Gasteiger partial charge on any atom is 2.00 e. The van der Waals surface area contributed by atoms with Crippen LogP contribution in [0.5, 0.6) is 0 Å². The van der Waals surface area contributed by atoms with Crippen LogP contribution in [0.2, 0.25) is 0 Å². The minimum atomic E-state index is -1.36.